The molecule has 2 nitrogen and oxygen atoms in total. The van der Waals surface area contributed by atoms with E-state index in [1.807, 2.05) is 31.3 Å². The number of aromatic nitrogens is 1. The summed E-state index contributed by atoms with van der Waals surface area (Å²) in [7, 11) is 0. The molecule has 2 aromatic rings. The first-order valence-corrected chi connectivity index (χ1v) is 3.56. The smallest absolute Gasteiger partial charge is 0.152 e. The van der Waals surface area contributed by atoms with Crippen molar-refractivity contribution in [1.82, 2.24) is 4.98 Å². The van der Waals surface area contributed by atoms with E-state index in [0.29, 0.717) is 0 Å². The van der Waals surface area contributed by atoms with Crippen molar-refractivity contribution in [3.05, 3.63) is 36.2 Å². The van der Waals surface area contributed by atoms with Gasteiger partial charge in [-0.05, 0) is 30.7 Å². The zero-order valence-corrected chi connectivity index (χ0v) is 6.29. The van der Waals surface area contributed by atoms with E-state index in [0.717, 1.165) is 17.0 Å². The topological polar surface area (TPSA) is 28.9 Å². The van der Waals surface area contributed by atoms with Gasteiger partial charge in [0.15, 0.2) is 5.76 Å². The maximum absolute atomic E-state index is 5.28. The normalized spacial score (nSPS) is 10.3. The molecular weight excluding hydrogens is 138 g/mol. The third kappa shape index (κ3) is 0.963. The fourth-order valence-electron chi connectivity index (χ4n) is 1.12. The fourth-order valence-corrected chi connectivity index (χ4v) is 1.12. The van der Waals surface area contributed by atoms with E-state index in [2.05, 4.69) is 4.98 Å². The summed E-state index contributed by atoms with van der Waals surface area (Å²) in [5.74, 6) is 0.926. The molecule has 0 bridgehead atoms. The van der Waals surface area contributed by atoms with Gasteiger partial charge < -0.3 is 9.40 Å². The van der Waals surface area contributed by atoms with E-state index >= 15 is 0 Å². The van der Waals surface area contributed by atoms with E-state index in [9.17, 15) is 0 Å². The predicted octanol–water partition coefficient (Wildman–Crippen LogP) is 2.58. The first kappa shape index (κ1) is 6.28. The van der Waals surface area contributed by atoms with Crippen molar-refractivity contribution in [2.75, 3.05) is 0 Å². The molecule has 2 heteroatoms. The van der Waals surface area contributed by atoms with Gasteiger partial charge in [0.2, 0.25) is 0 Å². The van der Waals surface area contributed by atoms with Gasteiger partial charge in [-0.2, -0.15) is 0 Å². The maximum Gasteiger partial charge on any atom is 0.152 e. The Hall–Kier alpha value is -1.44. The number of hydrogen-bond acceptors (Lipinski definition) is 1. The number of aromatic amines is 1. The highest BCUT2D eigenvalue weighted by molar-refractivity contribution is 5.56. The van der Waals surface area contributed by atoms with Gasteiger partial charge >= 0.3 is 0 Å². The van der Waals surface area contributed by atoms with Gasteiger partial charge in [0.1, 0.15) is 0 Å². The number of nitrogens with one attached hydrogen (secondary N) is 1. The molecule has 0 spiro atoms. The van der Waals surface area contributed by atoms with Crippen molar-refractivity contribution in [3.8, 4) is 11.5 Å². The molecule has 0 atom stereocenters. The van der Waals surface area contributed by atoms with Crippen molar-refractivity contribution >= 4 is 0 Å². The fraction of sp³-hybridized carbons (Fsp3) is 0.111. The van der Waals surface area contributed by atoms with E-state index in [1.165, 1.54) is 0 Å². The zero-order valence-electron chi connectivity index (χ0n) is 6.29. The molecule has 0 aliphatic rings. The van der Waals surface area contributed by atoms with Crippen LogP contribution in [0, 0.1) is 6.92 Å². The Morgan fingerprint density at radius 1 is 1.36 bits per heavy atom. The minimum absolute atomic E-state index is 0.926. The molecule has 0 unspecified atom stereocenters. The lowest BCUT2D eigenvalue weighted by Gasteiger charge is -1.91. The molecule has 56 valence electrons. The van der Waals surface area contributed by atoms with Gasteiger partial charge in [0.05, 0.1) is 12.0 Å². The van der Waals surface area contributed by atoms with Gasteiger partial charge in [-0.3, -0.25) is 0 Å². The molecule has 2 heterocycles. The molecule has 2 aromatic heterocycles. The summed E-state index contributed by atoms with van der Waals surface area (Å²) in [6.45, 7) is 2.03. The first-order valence-electron chi connectivity index (χ1n) is 3.56. The SMILES string of the molecule is Cc1ccoc1-c1ccc[nH]1. The summed E-state index contributed by atoms with van der Waals surface area (Å²) in [6.07, 6.45) is 3.59. The van der Waals surface area contributed by atoms with E-state index < -0.39 is 0 Å². The number of aryl methyl sites for hydroxylation is 1. The summed E-state index contributed by atoms with van der Waals surface area (Å²) < 4.78 is 5.28. The van der Waals surface area contributed by atoms with Crippen LogP contribution in [0.5, 0.6) is 0 Å². The van der Waals surface area contributed by atoms with E-state index in [1.54, 1.807) is 6.26 Å². The third-order valence-corrected chi connectivity index (χ3v) is 1.70. The second-order valence-corrected chi connectivity index (χ2v) is 2.52. The van der Waals surface area contributed by atoms with Gasteiger partial charge in [-0.1, -0.05) is 0 Å². The second-order valence-electron chi connectivity index (χ2n) is 2.52. The molecule has 11 heavy (non-hydrogen) atoms. The Labute approximate surface area is 64.9 Å². The highest BCUT2D eigenvalue weighted by atomic mass is 16.3. The Kier molecular flexibility index (Phi) is 1.32. The van der Waals surface area contributed by atoms with Gasteiger partial charge in [-0.15, -0.1) is 0 Å². The summed E-state index contributed by atoms with van der Waals surface area (Å²) in [6, 6.07) is 5.90. The van der Waals surface area contributed by atoms with Crippen LogP contribution in [-0.2, 0) is 0 Å². The van der Waals surface area contributed by atoms with Crippen LogP contribution in [0.4, 0.5) is 0 Å². The zero-order chi connectivity index (χ0) is 7.68. The highest BCUT2D eigenvalue weighted by Gasteiger charge is 2.03. The Balaban J connectivity index is 2.53. The Morgan fingerprint density at radius 3 is 2.82 bits per heavy atom. The van der Waals surface area contributed by atoms with Crippen molar-refractivity contribution < 1.29 is 4.42 Å². The Bertz CT molecular complexity index is 332. The van der Waals surface area contributed by atoms with Crippen LogP contribution in [0.25, 0.3) is 11.5 Å². The lowest BCUT2D eigenvalue weighted by Crippen LogP contribution is -1.74. The Morgan fingerprint density at radius 2 is 2.27 bits per heavy atom. The van der Waals surface area contributed by atoms with Crippen LogP contribution in [0.2, 0.25) is 0 Å². The predicted molar refractivity (Wildman–Crippen MR) is 43.2 cm³/mol. The molecule has 0 aliphatic carbocycles. The maximum atomic E-state index is 5.28. The highest BCUT2D eigenvalue weighted by Crippen LogP contribution is 2.21. The summed E-state index contributed by atoms with van der Waals surface area (Å²) in [5, 5.41) is 0. The molecule has 0 aliphatic heterocycles. The molecule has 0 amide bonds. The molecule has 0 saturated carbocycles. The largest absolute Gasteiger partial charge is 0.463 e. The van der Waals surface area contributed by atoms with Crippen LogP contribution in [-0.4, -0.2) is 4.98 Å². The molecule has 0 aromatic carbocycles. The van der Waals surface area contributed by atoms with Crippen LogP contribution in [0.1, 0.15) is 5.56 Å². The molecular formula is C9H9NO. The summed E-state index contributed by atoms with van der Waals surface area (Å²) in [4.78, 5) is 3.09. The third-order valence-electron chi connectivity index (χ3n) is 1.70. The van der Waals surface area contributed by atoms with Crippen molar-refractivity contribution in [3.63, 3.8) is 0 Å². The van der Waals surface area contributed by atoms with Crippen LogP contribution in [0.15, 0.2) is 35.1 Å². The monoisotopic (exact) mass is 147 g/mol. The lowest BCUT2D eigenvalue weighted by atomic mass is 10.2. The number of hydrogen-bond donors (Lipinski definition) is 1. The molecule has 1 N–H and O–H groups in total. The minimum atomic E-state index is 0.926. The van der Waals surface area contributed by atoms with Gasteiger partial charge in [-0.25, -0.2) is 0 Å². The van der Waals surface area contributed by atoms with Gasteiger partial charge in [0.25, 0.3) is 0 Å². The van der Waals surface area contributed by atoms with E-state index in [-0.39, 0.29) is 0 Å². The minimum Gasteiger partial charge on any atom is -0.463 e. The number of furan rings is 1. The van der Waals surface area contributed by atoms with Gasteiger partial charge in [0, 0.05) is 6.20 Å². The standard InChI is InChI=1S/C9H9NO/c1-7-4-6-11-9(7)8-3-2-5-10-8/h2-6,10H,1H3. The van der Waals surface area contributed by atoms with Crippen molar-refractivity contribution in [1.29, 1.82) is 0 Å². The quantitative estimate of drug-likeness (QED) is 0.659. The molecule has 2 rings (SSSR count). The second kappa shape index (κ2) is 2.31. The number of H-pyrrole nitrogens is 1. The number of rotatable bonds is 1. The van der Waals surface area contributed by atoms with Crippen molar-refractivity contribution in [2.45, 2.75) is 6.92 Å². The van der Waals surface area contributed by atoms with Crippen LogP contribution in [0.3, 0.4) is 0 Å². The average Bonchev–Trinajstić information content (AvgIpc) is 2.55. The molecule has 0 fully saturated rings. The van der Waals surface area contributed by atoms with Crippen LogP contribution < -0.4 is 0 Å². The summed E-state index contributed by atoms with van der Waals surface area (Å²) in [5.41, 5.74) is 2.19. The molecule has 0 saturated heterocycles. The van der Waals surface area contributed by atoms with E-state index in [4.69, 9.17) is 4.42 Å². The molecule has 0 radical (unpaired) electrons. The van der Waals surface area contributed by atoms with Crippen LogP contribution >= 0.6 is 0 Å². The first-order chi connectivity index (χ1) is 5.38. The lowest BCUT2D eigenvalue weighted by molar-refractivity contribution is 0.579. The summed E-state index contributed by atoms with van der Waals surface area (Å²) >= 11 is 0. The average molecular weight is 147 g/mol. The van der Waals surface area contributed by atoms with Crippen molar-refractivity contribution in [2.24, 2.45) is 0 Å².